The molecule has 4 nitrogen and oxygen atoms in total. The Morgan fingerprint density at radius 1 is 1.53 bits per heavy atom. The number of anilines is 2. The lowest BCUT2D eigenvalue weighted by molar-refractivity contribution is -0.117. The van der Waals surface area contributed by atoms with Gasteiger partial charge in [0.25, 0.3) is 0 Å². The molecule has 94 valence electrons. The molecule has 17 heavy (non-hydrogen) atoms. The highest BCUT2D eigenvalue weighted by Crippen LogP contribution is 2.17. The van der Waals surface area contributed by atoms with E-state index >= 15 is 0 Å². The number of hydrogen-bond acceptors (Lipinski definition) is 3. The lowest BCUT2D eigenvalue weighted by atomic mass is 10.2. The van der Waals surface area contributed by atoms with Crippen molar-refractivity contribution in [2.45, 2.75) is 13.3 Å². The van der Waals surface area contributed by atoms with Crippen molar-refractivity contribution in [3.05, 3.63) is 24.0 Å². The Bertz CT molecular complexity index is 395. The second-order valence-electron chi connectivity index (χ2n) is 4.03. The first-order valence-electron chi connectivity index (χ1n) is 5.56. The van der Waals surface area contributed by atoms with E-state index in [-0.39, 0.29) is 18.1 Å². The first kappa shape index (κ1) is 13.4. The van der Waals surface area contributed by atoms with Crippen LogP contribution in [0.5, 0.6) is 0 Å². The van der Waals surface area contributed by atoms with Crippen LogP contribution in [0.25, 0.3) is 0 Å². The normalized spacial score (nSPS) is 10.6. The van der Waals surface area contributed by atoms with Crippen molar-refractivity contribution in [3.8, 4) is 0 Å². The molecular weight excluding hydrogens is 221 g/mol. The zero-order chi connectivity index (χ0) is 12.8. The van der Waals surface area contributed by atoms with Crippen LogP contribution in [0.1, 0.15) is 13.3 Å². The van der Waals surface area contributed by atoms with Crippen LogP contribution >= 0.6 is 0 Å². The Labute approximate surface area is 101 Å². The summed E-state index contributed by atoms with van der Waals surface area (Å²) in [7, 11) is 1.85. The van der Waals surface area contributed by atoms with E-state index in [1.807, 2.05) is 18.9 Å². The maximum Gasteiger partial charge on any atom is 0.238 e. The van der Waals surface area contributed by atoms with Crippen molar-refractivity contribution < 1.29 is 9.18 Å². The van der Waals surface area contributed by atoms with Gasteiger partial charge < -0.3 is 11.1 Å². The molecule has 0 heterocycles. The number of carbonyl (C=O) groups is 1. The van der Waals surface area contributed by atoms with Crippen molar-refractivity contribution in [1.29, 1.82) is 0 Å². The van der Waals surface area contributed by atoms with Gasteiger partial charge in [0.05, 0.1) is 12.2 Å². The van der Waals surface area contributed by atoms with Crippen LogP contribution in [0.3, 0.4) is 0 Å². The van der Waals surface area contributed by atoms with Crippen LogP contribution in [0, 0.1) is 5.82 Å². The monoisotopic (exact) mass is 239 g/mol. The molecule has 0 saturated heterocycles. The van der Waals surface area contributed by atoms with Crippen LogP contribution < -0.4 is 11.1 Å². The third kappa shape index (κ3) is 4.40. The number of nitrogens with two attached hydrogens (primary N) is 1. The Balaban J connectivity index is 2.58. The van der Waals surface area contributed by atoms with E-state index in [0.717, 1.165) is 13.0 Å². The van der Waals surface area contributed by atoms with E-state index < -0.39 is 5.82 Å². The van der Waals surface area contributed by atoms with E-state index in [9.17, 15) is 9.18 Å². The molecule has 0 aliphatic carbocycles. The third-order valence-corrected chi connectivity index (χ3v) is 2.28. The Morgan fingerprint density at radius 2 is 2.24 bits per heavy atom. The Kier molecular flexibility index (Phi) is 4.90. The number of halogens is 1. The average molecular weight is 239 g/mol. The van der Waals surface area contributed by atoms with Gasteiger partial charge in [0.15, 0.2) is 0 Å². The van der Waals surface area contributed by atoms with E-state index in [2.05, 4.69) is 5.32 Å². The van der Waals surface area contributed by atoms with Crippen molar-refractivity contribution >= 4 is 17.3 Å². The zero-order valence-electron chi connectivity index (χ0n) is 10.2. The number of nitrogens with one attached hydrogen (secondary N) is 1. The van der Waals surface area contributed by atoms with Crippen molar-refractivity contribution in [2.24, 2.45) is 0 Å². The number of hydrogen-bond donors (Lipinski definition) is 2. The summed E-state index contributed by atoms with van der Waals surface area (Å²) >= 11 is 0. The second kappa shape index (κ2) is 6.20. The topological polar surface area (TPSA) is 58.4 Å². The van der Waals surface area contributed by atoms with Gasteiger partial charge in [-0.3, -0.25) is 9.69 Å². The highest BCUT2D eigenvalue weighted by Gasteiger charge is 2.09. The van der Waals surface area contributed by atoms with Crippen molar-refractivity contribution in [3.63, 3.8) is 0 Å². The molecule has 0 aliphatic rings. The van der Waals surface area contributed by atoms with Gasteiger partial charge in [-0.25, -0.2) is 4.39 Å². The molecule has 1 aromatic rings. The summed E-state index contributed by atoms with van der Waals surface area (Å²) in [5, 5.41) is 2.50. The summed E-state index contributed by atoms with van der Waals surface area (Å²) < 4.78 is 13.3. The number of nitrogens with zero attached hydrogens (tertiary/aromatic N) is 1. The average Bonchev–Trinajstić information content (AvgIpc) is 2.23. The summed E-state index contributed by atoms with van der Waals surface area (Å²) in [6.07, 6.45) is 0.969. The fourth-order valence-electron chi connectivity index (χ4n) is 1.53. The number of rotatable bonds is 5. The molecule has 0 saturated carbocycles. The molecule has 0 radical (unpaired) electrons. The molecule has 1 amide bonds. The summed E-state index contributed by atoms with van der Waals surface area (Å²) in [5.41, 5.74) is 6.07. The molecule has 0 spiro atoms. The second-order valence-corrected chi connectivity index (χ2v) is 4.03. The van der Waals surface area contributed by atoms with Gasteiger partial charge in [0.2, 0.25) is 5.91 Å². The molecule has 0 fully saturated rings. The number of amides is 1. The van der Waals surface area contributed by atoms with Crippen LogP contribution in [-0.4, -0.2) is 30.9 Å². The molecular formula is C12H18FN3O. The molecule has 0 atom stereocenters. The van der Waals surface area contributed by atoms with Gasteiger partial charge in [-0.2, -0.15) is 0 Å². The Hall–Kier alpha value is -1.62. The van der Waals surface area contributed by atoms with Gasteiger partial charge in [0, 0.05) is 5.69 Å². The highest BCUT2D eigenvalue weighted by atomic mass is 19.1. The van der Waals surface area contributed by atoms with E-state index in [0.29, 0.717) is 5.69 Å². The van der Waals surface area contributed by atoms with Gasteiger partial charge in [0.1, 0.15) is 5.82 Å². The zero-order valence-corrected chi connectivity index (χ0v) is 10.2. The van der Waals surface area contributed by atoms with E-state index in [1.165, 1.54) is 18.2 Å². The van der Waals surface area contributed by atoms with Crippen molar-refractivity contribution in [1.82, 2.24) is 4.90 Å². The first-order chi connectivity index (χ1) is 8.02. The number of nitrogen functional groups attached to an aromatic ring is 1. The minimum Gasteiger partial charge on any atom is -0.399 e. The van der Waals surface area contributed by atoms with Crippen LogP contribution in [0.2, 0.25) is 0 Å². The fraction of sp³-hybridized carbons (Fsp3) is 0.417. The lowest BCUT2D eigenvalue weighted by Crippen LogP contribution is -2.30. The summed E-state index contributed by atoms with van der Waals surface area (Å²) in [6, 6.07) is 4.10. The SMILES string of the molecule is CCCN(C)CC(=O)Nc1cc(N)ccc1F. The van der Waals surface area contributed by atoms with Gasteiger partial charge >= 0.3 is 0 Å². The van der Waals surface area contributed by atoms with Crippen molar-refractivity contribution in [2.75, 3.05) is 31.2 Å². The Morgan fingerprint density at radius 3 is 2.88 bits per heavy atom. The molecule has 0 unspecified atom stereocenters. The molecule has 0 aliphatic heterocycles. The molecule has 3 N–H and O–H groups in total. The van der Waals surface area contributed by atoms with E-state index in [1.54, 1.807) is 0 Å². The van der Waals surface area contributed by atoms with Gasteiger partial charge in [-0.15, -0.1) is 0 Å². The lowest BCUT2D eigenvalue weighted by Gasteiger charge is -2.15. The maximum absolute atomic E-state index is 13.3. The largest absolute Gasteiger partial charge is 0.399 e. The van der Waals surface area contributed by atoms with Crippen LogP contribution in [0.15, 0.2) is 18.2 Å². The molecule has 1 aromatic carbocycles. The predicted octanol–water partition coefficient (Wildman–Crippen LogP) is 1.69. The van der Waals surface area contributed by atoms with E-state index in [4.69, 9.17) is 5.73 Å². The quantitative estimate of drug-likeness (QED) is 0.769. The smallest absolute Gasteiger partial charge is 0.238 e. The minimum atomic E-state index is -0.481. The predicted molar refractivity (Wildman–Crippen MR) is 67.2 cm³/mol. The first-order valence-corrected chi connectivity index (χ1v) is 5.56. The maximum atomic E-state index is 13.3. The molecule has 1 rings (SSSR count). The van der Waals surface area contributed by atoms with Crippen LogP contribution in [0.4, 0.5) is 15.8 Å². The van der Waals surface area contributed by atoms with Crippen LogP contribution in [-0.2, 0) is 4.79 Å². The fourth-order valence-corrected chi connectivity index (χ4v) is 1.53. The summed E-state index contributed by atoms with van der Waals surface area (Å²) in [5.74, 6) is -0.726. The standard InChI is InChI=1S/C12H18FN3O/c1-3-6-16(2)8-12(17)15-11-7-9(14)4-5-10(11)13/h4-5,7H,3,6,8,14H2,1-2H3,(H,15,17). The summed E-state index contributed by atoms with van der Waals surface area (Å²) in [6.45, 7) is 3.10. The number of benzene rings is 1. The van der Waals surface area contributed by atoms with Gasteiger partial charge in [-0.1, -0.05) is 6.92 Å². The minimum absolute atomic E-state index is 0.125. The number of carbonyl (C=O) groups excluding carboxylic acids is 1. The third-order valence-electron chi connectivity index (χ3n) is 2.28. The molecule has 0 bridgehead atoms. The highest BCUT2D eigenvalue weighted by molar-refractivity contribution is 5.92. The molecule has 5 heteroatoms. The number of likely N-dealkylation sites (N-methyl/N-ethyl adjacent to an activating group) is 1. The molecule has 0 aromatic heterocycles. The van der Waals surface area contributed by atoms with Gasteiger partial charge in [-0.05, 0) is 38.2 Å². The summed E-state index contributed by atoms with van der Waals surface area (Å²) in [4.78, 5) is 13.5.